The summed E-state index contributed by atoms with van der Waals surface area (Å²) < 4.78 is 0. The third-order valence-corrected chi connectivity index (χ3v) is 4.22. The first kappa shape index (κ1) is 15.6. The van der Waals surface area contributed by atoms with E-state index in [4.69, 9.17) is 5.11 Å². The summed E-state index contributed by atoms with van der Waals surface area (Å²) in [5.41, 5.74) is 3.41. The summed E-state index contributed by atoms with van der Waals surface area (Å²) >= 11 is 0. The molecular weight excluding hydrogens is 290 g/mol. The molecule has 1 aliphatic rings. The predicted octanol–water partition coefficient (Wildman–Crippen LogP) is 2.78. The number of benzene rings is 1. The fraction of sp³-hybridized carbons (Fsp3) is 0.389. The van der Waals surface area contributed by atoms with E-state index in [1.807, 2.05) is 26.0 Å². The third-order valence-electron chi connectivity index (χ3n) is 4.22. The largest absolute Gasteiger partial charge is 0.478 e. The lowest BCUT2D eigenvalue weighted by molar-refractivity contribution is 0.0696. The van der Waals surface area contributed by atoms with Crippen LogP contribution in [-0.2, 0) is 6.54 Å². The monoisotopic (exact) mass is 311 g/mol. The molecular formula is C18H21N3O2. The molecule has 1 aromatic carbocycles. The number of aryl methyl sites for hydroxylation is 2. The second-order valence-corrected chi connectivity index (χ2v) is 6.24. The van der Waals surface area contributed by atoms with E-state index in [0.717, 1.165) is 48.8 Å². The molecule has 1 aliphatic heterocycles. The van der Waals surface area contributed by atoms with Gasteiger partial charge < -0.3 is 5.11 Å². The Kier molecular flexibility index (Phi) is 4.39. The Bertz CT molecular complexity index is 710. The first-order valence-corrected chi connectivity index (χ1v) is 7.88. The Balaban J connectivity index is 1.68. The molecule has 1 unspecified atom stereocenters. The number of carboxylic acid groups (broad SMARTS) is 1. The standard InChI is InChI=1S/C18H21N3O2/c1-12-8-13(2)20-17(19-12)16-6-7-21(11-16)10-14-4-3-5-15(9-14)18(22)23/h3-5,8-9,16H,6-7,10-11H2,1-2H3,(H,22,23). The van der Waals surface area contributed by atoms with Gasteiger partial charge in [0.25, 0.3) is 0 Å². The lowest BCUT2D eigenvalue weighted by Crippen LogP contribution is -2.20. The van der Waals surface area contributed by atoms with E-state index < -0.39 is 5.97 Å². The van der Waals surface area contributed by atoms with E-state index in [-0.39, 0.29) is 0 Å². The van der Waals surface area contributed by atoms with Gasteiger partial charge in [0.05, 0.1) is 5.56 Å². The van der Waals surface area contributed by atoms with Gasteiger partial charge in [-0.1, -0.05) is 12.1 Å². The van der Waals surface area contributed by atoms with Gasteiger partial charge >= 0.3 is 5.97 Å². The van der Waals surface area contributed by atoms with Gasteiger partial charge in [0.15, 0.2) is 0 Å². The average Bonchev–Trinajstić information content (AvgIpc) is 2.95. The number of nitrogens with zero attached hydrogens (tertiary/aromatic N) is 3. The van der Waals surface area contributed by atoms with E-state index in [2.05, 4.69) is 14.9 Å². The first-order chi connectivity index (χ1) is 11.0. The number of carbonyl (C=O) groups is 1. The van der Waals surface area contributed by atoms with Crippen LogP contribution in [0.2, 0.25) is 0 Å². The summed E-state index contributed by atoms with van der Waals surface area (Å²) in [5.74, 6) is 0.412. The van der Waals surface area contributed by atoms with Crippen molar-refractivity contribution in [2.45, 2.75) is 32.7 Å². The molecule has 5 heteroatoms. The van der Waals surface area contributed by atoms with Gasteiger partial charge in [-0.15, -0.1) is 0 Å². The second-order valence-electron chi connectivity index (χ2n) is 6.24. The van der Waals surface area contributed by atoms with Gasteiger partial charge in [0.1, 0.15) is 5.82 Å². The zero-order chi connectivity index (χ0) is 16.4. The molecule has 0 saturated carbocycles. The summed E-state index contributed by atoms with van der Waals surface area (Å²) in [6.07, 6.45) is 1.04. The Morgan fingerprint density at radius 3 is 2.70 bits per heavy atom. The minimum Gasteiger partial charge on any atom is -0.478 e. The molecule has 1 fully saturated rings. The molecule has 5 nitrogen and oxygen atoms in total. The van der Waals surface area contributed by atoms with E-state index in [9.17, 15) is 4.79 Å². The highest BCUT2D eigenvalue weighted by Gasteiger charge is 2.26. The number of aromatic nitrogens is 2. The topological polar surface area (TPSA) is 66.3 Å². The molecule has 2 heterocycles. The molecule has 1 saturated heterocycles. The van der Waals surface area contributed by atoms with E-state index in [1.54, 1.807) is 18.2 Å². The van der Waals surface area contributed by atoms with Crippen molar-refractivity contribution in [3.8, 4) is 0 Å². The average molecular weight is 311 g/mol. The van der Waals surface area contributed by atoms with Crippen molar-refractivity contribution in [1.29, 1.82) is 0 Å². The molecule has 3 rings (SSSR count). The number of aromatic carboxylic acids is 1. The van der Waals surface area contributed by atoms with Crippen LogP contribution in [0.5, 0.6) is 0 Å². The van der Waals surface area contributed by atoms with E-state index >= 15 is 0 Å². The Labute approximate surface area is 136 Å². The number of hydrogen-bond donors (Lipinski definition) is 1. The summed E-state index contributed by atoms with van der Waals surface area (Å²) in [7, 11) is 0. The van der Waals surface area contributed by atoms with Gasteiger partial charge in [-0.05, 0) is 50.6 Å². The molecule has 1 N–H and O–H groups in total. The lowest BCUT2D eigenvalue weighted by atomic mass is 10.1. The van der Waals surface area contributed by atoms with Crippen LogP contribution in [0.3, 0.4) is 0 Å². The van der Waals surface area contributed by atoms with Gasteiger partial charge in [-0.3, -0.25) is 4.90 Å². The predicted molar refractivity (Wildman–Crippen MR) is 87.5 cm³/mol. The zero-order valence-corrected chi connectivity index (χ0v) is 13.5. The van der Waals surface area contributed by atoms with Crippen LogP contribution in [0.25, 0.3) is 0 Å². The number of rotatable bonds is 4. The third kappa shape index (κ3) is 3.74. The smallest absolute Gasteiger partial charge is 0.335 e. The van der Waals surface area contributed by atoms with Crippen LogP contribution in [0.1, 0.15) is 45.5 Å². The van der Waals surface area contributed by atoms with Gasteiger partial charge in [0, 0.05) is 30.4 Å². The minimum absolute atomic E-state index is 0.343. The number of carboxylic acids is 1. The summed E-state index contributed by atoms with van der Waals surface area (Å²) in [5, 5.41) is 9.08. The molecule has 1 aromatic heterocycles. The van der Waals surface area contributed by atoms with Crippen LogP contribution >= 0.6 is 0 Å². The van der Waals surface area contributed by atoms with Crippen LogP contribution in [0, 0.1) is 13.8 Å². The zero-order valence-electron chi connectivity index (χ0n) is 13.5. The molecule has 23 heavy (non-hydrogen) atoms. The van der Waals surface area contributed by atoms with Crippen LogP contribution in [0.4, 0.5) is 0 Å². The Hall–Kier alpha value is -2.27. The lowest BCUT2D eigenvalue weighted by Gasteiger charge is -2.16. The molecule has 0 aliphatic carbocycles. The number of hydrogen-bond acceptors (Lipinski definition) is 4. The minimum atomic E-state index is -0.880. The van der Waals surface area contributed by atoms with E-state index in [1.165, 1.54) is 0 Å². The second kappa shape index (κ2) is 6.46. The number of likely N-dealkylation sites (tertiary alicyclic amines) is 1. The maximum absolute atomic E-state index is 11.1. The van der Waals surface area contributed by atoms with Crippen molar-refractivity contribution >= 4 is 5.97 Å². The Morgan fingerprint density at radius 1 is 1.26 bits per heavy atom. The summed E-state index contributed by atoms with van der Waals surface area (Å²) in [6, 6.07) is 9.16. The van der Waals surface area contributed by atoms with Gasteiger partial charge in [0.2, 0.25) is 0 Å². The van der Waals surface area contributed by atoms with Crippen molar-refractivity contribution < 1.29 is 9.90 Å². The normalized spacial score (nSPS) is 18.3. The maximum atomic E-state index is 11.1. The summed E-state index contributed by atoms with van der Waals surface area (Å²) in [6.45, 7) is 6.67. The highest BCUT2D eigenvalue weighted by molar-refractivity contribution is 5.87. The SMILES string of the molecule is Cc1cc(C)nc(C2CCN(Cc3cccc(C(=O)O)c3)C2)n1. The molecule has 1 atom stereocenters. The van der Waals surface area contributed by atoms with Crippen LogP contribution in [0.15, 0.2) is 30.3 Å². The maximum Gasteiger partial charge on any atom is 0.335 e. The molecule has 2 aromatic rings. The Morgan fingerprint density at radius 2 is 2.00 bits per heavy atom. The van der Waals surface area contributed by atoms with Crippen molar-refractivity contribution in [2.75, 3.05) is 13.1 Å². The molecule has 0 radical (unpaired) electrons. The van der Waals surface area contributed by atoms with Crippen LogP contribution in [-0.4, -0.2) is 39.0 Å². The molecule has 0 spiro atoms. The highest BCUT2D eigenvalue weighted by atomic mass is 16.4. The van der Waals surface area contributed by atoms with Crippen molar-refractivity contribution in [3.63, 3.8) is 0 Å². The fourth-order valence-electron chi connectivity index (χ4n) is 3.18. The summed E-state index contributed by atoms with van der Waals surface area (Å²) in [4.78, 5) is 22.6. The van der Waals surface area contributed by atoms with Gasteiger partial charge in [-0.2, -0.15) is 0 Å². The quantitative estimate of drug-likeness (QED) is 0.940. The molecule has 0 amide bonds. The van der Waals surface area contributed by atoms with Crippen molar-refractivity contribution in [3.05, 3.63) is 58.7 Å². The highest BCUT2D eigenvalue weighted by Crippen LogP contribution is 2.26. The van der Waals surface area contributed by atoms with Crippen molar-refractivity contribution in [1.82, 2.24) is 14.9 Å². The first-order valence-electron chi connectivity index (χ1n) is 7.88. The molecule has 0 bridgehead atoms. The molecule has 120 valence electrons. The fourth-order valence-corrected chi connectivity index (χ4v) is 3.18. The van der Waals surface area contributed by atoms with Crippen molar-refractivity contribution in [2.24, 2.45) is 0 Å². The van der Waals surface area contributed by atoms with Gasteiger partial charge in [-0.25, -0.2) is 14.8 Å². The van der Waals surface area contributed by atoms with E-state index in [0.29, 0.717) is 11.5 Å². The van der Waals surface area contributed by atoms with Crippen LogP contribution < -0.4 is 0 Å².